The van der Waals surface area contributed by atoms with Gasteiger partial charge in [0.1, 0.15) is 11.5 Å². The zero-order valence-corrected chi connectivity index (χ0v) is 14.0. The summed E-state index contributed by atoms with van der Waals surface area (Å²) in [4.78, 5) is 11.8. The van der Waals surface area contributed by atoms with Crippen LogP contribution >= 0.6 is 0 Å². The molecule has 0 spiro atoms. The molecule has 3 aromatic rings. The van der Waals surface area contributed by atoms with E-state index in [-0.39, 0.29) is 18.3 Å². The molecule has 3 aromatic carbocycles. The van der Waals surface area contributed by atoms with E-state index in [0.717, 1.165) is 11.1 Å². The molecule has 0 bridgehead atoms. The number of benzene rings is 3. The molecule has 0 heterocycles. The molecule has 0 saturated carbocycles. The van der Waals surface area contributed by atoms with Crippen molar-refractivity contribution in [2.75, 3.05) is 6.61 Å². The van der Waals surface area contributed by atoms with Crippen molar-refractivity contribution in [1.82, 2.24) is 5.43 Å². The Labute approximate surface area is 151 Å². The van der Waals surface area contributed by atoms with Crippen LogP contribution in [0.1, 0.15) is 5.56 Å². The van der Waals surface area contributed by atoms with E-state index in [2.05, 4.69) is 10.5 Å². The highest BCUT2D eigenvalue weighted by molar-refractivity contribution is 5.85. The van der Waals surface area contributed by atoms with E-state index in [1.54, 1.807) is 24.3 Å². The highest BCUT2D eigenvalue weighted by atomic mass is 16.5. The van der Waals surface area contributed by atoms with E-state index in [1.807, 2.05) is 54.6 Å². The fourth-order valence-electron chi connectivity index (χ4n) is 2.33. The van der Waals surface area contributed by atoms with Crippen LogP contribution in [-0.4, -0.2) is 23.8 Å². The average molecular weight is 346 g/mol. The number of rotatable bonds is 6. The number of amides is 1. The number of phenolic OH excluding ortho intramolecular Hbond substituents is 1. The van der Waals surface area contributed by atoms with E-state index in [0.29, 0.717) is 11.3 Å². The lowest BCUT2D eigenvalue weighted by Crippen LogP contribution is -2.24. The number of hydrogen-bond donors (Lipinski definition) is 2. The largest absolute Gasteiger partial charge is 0.507 e. The zero-order chi connectivity index (χ0) is 18.2. The third kappa shape index (κ3) is 4.70. The second-order valence-corrected chi connectivity index (χ2v) is 5.53. The number of nitrogens with one attached hydrogen (secondary N) is 1. The van der Waals surface area contributed by atoms with Gasteiger partial charge >= 0.3 is 0 Å². The minimum Gasteiger partial charge on any atom is -0.507 e. The summed E-state index contributed by atoms with van der Waals surface area (Å²) >= 11 is 0. The molecule has 26 heavy (non-hydrogen) atoms. The molecule has 3 rings (SSSR count). The summed E-state index contributed by atoms with van der Waals surface area (Å²) in [7, 11) is 0. The number of aromatic hydroxyl groups is 1. The van der Waals surface area contributed by atoms with E-state index in [9.17, 15) is 9.90 Å². The van der Waals surface area contributed by atoms with E-state index >= 15 is 0 Å². The second kappa shape index (κ2) is 8.48. The molecule has 0 atom stereocenters. The molecular formula is C21H18N2O3. The van der Waals surface area contributed by atoms with Crippen molar-refractivity contribution < 1.29 is 14.6 Å². The lowest BCUT2D eigenvalue weighted by atomic mass is 10.1. The molecule has 0 fully saturated rings. The summed E-state index contributed by atoms with van der Waals surface area (Å²) in [5.74, 6) is 0.313. The van der Waals surface area contributed by atoms with Crippen LogP contribution in [0.25, 0.3) is 11.1 Å². The van der Waals surface area contributed by atoms with Crippen LogP contribution in [-0.2, 0) is 4.79 Å². The first-order valence-corrected chi connectivity index (χ1v) is 8.10. The van der Waals surface area contributed by atoms with Crippen molar-refractivity contribution in [1.29, 1.82) is 0 Å². The number of carbonyl (C=O) groups is 1. The average Bonchev–Trinajstić information content (AvgIpc) is 2.69. The van der Waals surface area contributed by atoms with E-state index in [1.165, 1.54) is 6.21 Å². The van der Waals surface area contributed by atoms with Crippen LogP contribution in [0.15, 0.2) is 84.0 Å². The molecule has 0 aliphatic carbocycles. The minimum atomic E-state index is -0.385. The first-order valence-electron chi connectivity index (χ1n) is 8.10. The number of nitrogens with zero attached hydrogens (tertiary/aromatic N) is 1. The predicted octanol–water partition coefficient (Wildman–Crippen LogP) is 3.59. The summed E-state index contributed by atoms with van der Waals surface area (Å²) in [6.07, 6.45) is 1.38. The Kier molecular flexibility index (Phi) is 5.62. The predicted molar refractivity (Wildman–Crippen MR) is 101 cm³/mol. The van der Waals surface area contributed by atoms with Gasteiger partial charge in [0.25, 0.3) is 5.91 Å². The Balaban J connectivity index is 1.49. The first kappa shape index (κ1) is 17.2. The standard InChI is InChI=1S/C21H18N2O3/c24-20-9-5-4-8-18(20)14-22-23-21(25)15-26-19-12-10-17(11-13-19)16-6-2-1-3-7-16/h1-14,24H,15H2,(H,23,25)/b22-14-. The fraction of sp³-hybridized carbons (Fsp3) is 0.0476. The Morgan fingerprint density at radius 3 is 2.31 bits per heavy atom. The van der Waals surface area contributed by atoms with Gasteiger partial charge in [-0.25, -0.2) is 5.43 Å². The molecule has 0 radical (unpaired) electrons. The maximum Gasteiger partial charge on any atom is 0.277 e. The Hall–Kier alpha value is -3.60. The fourth-order valence-corrected chi connectivity index (χ4v) is 2.33. The summed E-state index contributed by atoms with van der Waals surface area (Å²) in [5.41, 5.74) is 5.08. The van der Waals surface area contributed by atoms with Crippen molar-refractivity contribution in [2.45, 2.75) is 0 Å². The molecule has 5 heteroatoms. The van der Waals surface area contributed by atoms with Gasteiger partial charge in [-0.05, 0) is 35.4 Å². The van der Waals surface area contributed by atoms with Crippen molar-refractivity contribution in [3.8, 4) is 22.6 Å². The van der Waals surface area contributed by atoms with Gasteiger partial charge in [0, 0.05) is 5.56 Å². The van der Waals surface area contributed by atoms with Gasteiger partial charge < -0.3 is 9.84 Å². The first-order chi connectivity index (χ1) is 12.7. The topological polar surface area (TPSA) is 70.9 Å². The lowest BCUT2D eigenvalue weighted by Gasteiger charge is -2.06. The molecule has 130 valence electrons. The summed E-state index contributed by atoms with van der Waals surface area (Å²) in [6.45, 7) is -0.150. The number of hydrazone groups is 1. The quantitative estimate of drug-likeness (QED) is 0.529. The van der Waals surface area contributed by atoms with Crippen LogP contribution in [0, 0.1) is 0 Å². The van der Waals surface area contributed by atoms with Gasteiger partial charge in [-0.3, -0.25) is 4.79 Å². The highest BCUT2D eigenvalue weighted by Gasteiger charge is 2.03. The molecule has 0 aliphatic heterocycles. The van der Waals surface area contributed by atoms with Crippen LogP contribution in [0.5, 0.6) is 11.5 Å². The second-order valence-electron chi connectivity index (χ2n) is 5.53. The monoisotopic (exact) mass is 346 g/mol. The molecule has 5 nitrogen and oxygen atoms in total. The maximum absolute atomic E-state index is 11.8. The Morgan fingerprint density at radius 1 is 0.923 bits per heavy atom. The molecule has 0 aliphatic rings. The number of hydrogen-bond acceptors (Lipinski definition) is 4. The molecule has 1 amide bonds. The number of phenols is 1. The smallest absolute Gasteiger partial charge is 0.277 e. The van der Waals surface area contributed by atoms with Crippen molar-refractivity contribution in [2.24, 2.45) is 5.10 Å². The molecular weight excluding hydrogens is 328 g/mol. The number of ether oxygens (including phenoxy) is 1. The van der Waals surface area contributed by atoms with Gasteiger partial charge in [-0.1, -0.05) is 54.6 Å². The van der Waals surface area contributed by atoms with Gasteiger partial charge in [0.05, 0.1) is 6.21 Å². The van der Waals surface area contributed by atoms with Crippen molar-refractivity contribution in [3.05, 3.63) is 84.4 Å². The summed E-state index contributed by atoms with van der Waals surface area (Å²) in [6, 6.07) is 24.3. The van der Waals surface area contributed by atoms with Crippen LogP contribution in [0.3, 0.4) is 0 Å². The molecule has 0 saturated heterocycles. The van der Waals surface area contributed by atoms with Gasteiger partial charge in [0.15, 0.2) is 6.61 Å². The number of carbonyl (C=O) groups excluding carboxylic acids is 1. The summed E-state index contributed by atoms with van der Waals surface area (Å²) in [5, 5.41) is 13.4. The normalized spacial score (nSPS) is 10.6. The van der Waals surface area contributed by atoms with Gasteiger partial charge in [0.2, 0.25) is 0 Å². The summed E-state index contributed by atoms with van der Waals surface area (Å²) < 4.78 is 5.45. The molecule has 0 unspecified atom stereocenters. The van der Waals surface area contributed by atoms with Crippen molar-refractivity contribution >= 4 is 12.1 Å². The highest BCUT2D eigenvalue weighted by Crippen LogP contribution is 2.21. The van der Waals surface area contributed by atoms with Crippen LogP contribution in [0.2, 0.25) is 0 Å². The zero-order valence-electron chi connectivity index (χ0n) is 14.0. The van der Waals surface area contributed by atoms with Crippen molar-refractivity contribution in [3.63, 3.8) is 0 Å². The Bertz CT molecular complexity index is 891. The molecule has 0 aromatic heterocycles. The maximum atomic E-state index is 11.8. The number of para-hydroxylation sites is 1. The van der Waals surface area contributed by atoms with E-state index in [4.69, 9.17) is 4.74 Å². The SMILES string of the molecule is O=C(COc1ccc(-c2ccccc2)cc1)N/N=C\c1ccccc1O. The van der Waals surface area contributed by atoms with Crippen LogP contribution < -0.4 is 10.2 Å². The minimum absolute atomic E-state index is 0.0975. The van der Waals surface area contributed by atoms with Gasteiger partial charge in [-0.15, -0.1) is 0 Å². The molecule has 2 N–H and O–H groups in total. The lowest BCUT2D eigenvalue weighted by molar-refractivity contribution is -0.123. The van der Waals surface area contributed by atoms with E-state index < -0.39 is 0 Å². The Morgan fingerprint density at radius 2 is 1.58 bits per heavy atom. The van der Waals surface area contributed by atoms with Crippen LogP contribution in [0.4, 0.5) is 0 Å². The third-order valence-corrected chi connectivity index (χ3v) is 3.66. The van der Waals surface area contributed by atoms with Gasteiger partial charge in [-0.2, -0.15) is 5.10 Å². The third-order valence-electron chi connectivity index (χ3n) is 3.66.